The number of aromatic nitrogens is 3. The van der Waals surface area contributed by atoms with E-state index in [9.17, 15) is 9.90 Å². The van der Waals surface area contributed by atoms with Crippen molar-refractivity contribution in [2.75, 3.05) is 0 Å². The van der Waals surface area contributed by atoms with E-state index < -0.39 is 6.10 Å². The van der Waals surface area contributed by atoms with Crippen molar-refractivity contribution in [2.45, 2.75) is 51.6 Å². The van der Waals surface area contributed by atoms with Crippen LogP contribution in [0.15, 0.2) is 41.1 Å². The first-order valence-electron chi connectivity index (χ1n) is 10.2. The third-order valence-corrected chi connectivity index (χ3v) is 5.82. The zero-order valence-electron chi connectivity index (χ0n) is 17.0. The molecule has 6 nitrogen and oxygen atoms in total. The molecule has 0 fully saturated rings. The van der Waals surface area contributed by atoms with Crippen molar-refractivity contribution >= 4 is 5.78 Å². The molecule has 0 aliphatic heterocycles. The summed E-state index contributed by atoms with van der Waals surface area (Å²) >= 11 is 0. The molecular formula is C23H27N3O3. The summed E-state index contributed by atoms with van der Waals surface area (Å²) in [4.78, 5) is 12.4. The molecule has 152 valence electrons. The first-order valence-corrected chi connectivity index (χ1v) is 10.2. The van der Waals surface area contributed by atoms with Gasteiger partial charge in [-0.1, -0.05) is 29.4 Å². The molecule has 2 aromatic heterocycles. The van der Waals surface area contributed by atoms with Gasteiger partial charge in [0.1, 0.15) is 5.69 Å². The normalized spacial score (nSPS) is 14.9. The van der Waals surface area contributed by atoms with Crippen LogP contribution in [0.1, 0.15) is 53.0 Å². The molecule has 29 heavy (non-hydrogen) atoms. The maximum absolute atomic E-state index is 12.4. The molecule has 0 amide bonds. The van der Waals surface area contributed by atoms with Crippen LogP contribution in [0.2, 0.25) is 0 Å². The Morgan fingerprint density at radius 1 is 1.28 bits per heavy atom. The van der Waals surface area contributed by atoms with Crippen molar-refractivity contribution in [3.8, 4) is 11.3 Å². The number of carbonyl (C=O) groups is 1. The standard InChI is InChI=1S/C23H27N3O3/c1-15-20(14-26(2)24-15)23-13-21(25-29-23)22(28)10-9-19(27)8-7-16-11-17-5-3-4-6-18(17)12-16/h3-6,13-14,16,19,27H,7-12H2,1-2H3/t19-/m1/s1. The summed E-state index contributed by atoms with van der Waals surface area (Å²) in [5.41, 5.74) is 4.84. The number of rotatable bonds is 8. The van der Waals surface area contributed by atoms with E-state index in [1.165, 1.54) is 11.1 Å². The van der Waals surface area contributed by atoms with Gasteiger partial charge in [-0.2, -0.15) is 5.10 Å². The average molecular weight is 393 g/mol. The van der Waals surface area contributed by atoms with E-state index >= 15 is 0 Å². The number of aryl methyl sites for hydroxylation is 2. The van der Waals surface area contributed by atoms with Crippen molar-refractivity contribution in [1.29, 1.82) is 0 Å². The Bertz CT molecular complexity index is 979. The van der Waals surface area contributed by atoms with Gasteiger partial charge in [0.25, 0.3) is 0 Å². The predicted octanol–water partition coefficient (Wildman–Crippen LogP) is 3.90. The van der Waals surface area contributed by atoms with Crippen LogP contribution in [0, 0.1) is 12.8 Å². The number of carbonyl (C=O) groups excluding carboxylic acids is 1. The molecule has 0 bridgehead atoms. The lowest BCUT2D eigenvalue weighted by atomic mass is 9.96. The van der Waals surface area contributed by atoms with Gasteiger partial charge in [-0.15, -0.1) is 0 Å². The summed E-state index contributed by atoms with van der Waals surface area (Å²) < 4.78 is 7.03. The van der Waals surface area contributed by atoms with Crippen molar-refractivity contribution < 1.29 is 14.4 Å². The molecule has 0 saturated heterocycles. The monoisotopic (exact) mass is 393 g/mol. The number of ketones is 1. The molecule has 0 unspecified atom stereocenters. The zero-order valence-corrected chi connectivity index (χ0v) is 17.0. The minimum Gasteiger partial charge on any atom is -0.393 e. The summed E-state index contributed by atoms with van der Waals surface area (Å²) in [5, 5.41) is 18.5. The minimum atomic E-state index is -0.463. The SMILES string of the molecule is Cc1nn(C)cc1-c1cc(C(=O)CC[C@H](O)CCC2Cc3ccccc3C2)no1. The van der Waals surface area contributed by atoms with Crippen molar-refractivity contribution in [3.05, 3.63) is 59.0 Å². The Balaban J connectivity index is 1.24. The maximum Gasteiger partial charge on any atom is 0.184 e. The second kappa shape index (κ2) is 8.33. The summed E-state index contributed by atoms with van der Waals surface area (Å²) in [6, 6.07) is 10.2. The number of aliphatic hydroxyl groups excluding tert-OH is 1. The summed E-state index contributed by atoms with van der Waals surface area (Å²) in [5.74, 6) is 1.03. The van der Waals surface area contributed by atoms with E-state index in [1.54, 1.807) is 10.7 Å². The van der Waals surface area contributed by atoms with E-state index in [1.807, 2.05) is 20.2 Å². The molecule has 0 radical (unpaired) electrons. The van der Waals surface area contributed by atoms with Crippen LogP contribution >= 0.6 is 0 Å². The van der Waals surface area contributed by atoms with Crippen LogP contribution in [0.5, 0.6) is 0 Å². The predicted molar refractivity (Wildman–Crippen MR) is 110 cm³/mol. The highest BCUT2D eigenvalue weighted by Gasteiger charge is 2.22. The van der Waals surface area contributed by atoms with Gasteiger partial charge in [0.2, 0.25) is 0 Å². The summed E-state index contributed by atoms with van der Waals surface area (Å²) in [7, 11) is 1.84. The van der Waals surface area contributed by atoms with Gasteiger partial charge in [-0.3, -0.25) is 9.48 Å². The van der Waals surface area contributed by atoms with Gasteiger partial charge in [-0.05, 0) is 56.1 Å². The number of benzene rings is 1. The second-order valence-electron chi connectivity index (χ2n) is 8.11. The molecule has 0 saturated carbocycles. The van der Waals surface area contributed by atoms with E-state index in [0.29, 0.717) is 23.8 Å². The number of Topliss-reactive ketones (excluding diaryl/α,β-unsaturated/α-hetero) is 1. The van der Waals surface area contributed by atoms with Crippen LogP contribution in [0.4, 0.5) is 0 Å². The van der Waals surface area contributed by atoms with Gasteiger partial charge in [0.05, 0.1) is 17.4 Å². The number of aliphatic hydroxyl groups is 1. The third kappa shape index (κ3) is 4.48. The third-order valence-electron chi connectivity index (χ3n) is 5.82. The molecule has 3 aromatic rings. The lowest BCUT2D eigenvalue weighted by Crippen LogP contribution is -2.12. The van der Waals surface area contributed by atoms with Crippen LogP contribution in [-0.2, 0) is 19.9 Å². The van der Waals surface area contributed by atoms with Gasteiger partial charge < -0.3 is 9.63 Å². The van der Waals surface area contributed by atoms with Crippen LogP contribution in [0.25, 0.3) is 11.3 Å². The van der Waals surface area contributed by atoms with Gasteiger partial charge in [0.15, 0.2) is 11.5 Å². The topological polar surface area (TPSA) is 81.2 Å². The molecule has 1 atom stereocenters. The highest BCUT2D eigenvalue weighted by molar-refractivity contribution is 5.94. The van der Waals surface area contributed by atoms with Gasteiger partial charge in [0, 0.05) is 25.7 Å². The maximum atomic E-state index is 12.4. The zero-order chi connectivity index (χ0) is 20.4. The Kier molecular flexibility index (Phi) is 5.62. The highest BCUT2D eigenvalue weighted by Crippen LogP contribution is 2.30. The first kappa shape index (κ1) is 19.6. The van der Waals surface area contributed by atoms with E-state index in [2.05, 4.69) is 34.5 Å². The summed E-state index contributed by atoms with van der Waals surface area (Å²) in [6.07, 6.45) is 6.00. The fraction of sp³-hybridized carbons (Fsp3) is 0.435. The summed E-state index contributed by atoms with van der Waals surface area (Å²) in [6.45, 7) is 1.89. The number of fused-ring (bicyclic) bond motifs is 1. The fourth-order valence-electron chi connectivity index (χ4n) is 4.23. The molecule has 2 heterocycles. The Morgan fingerprint density at radius 3 is 2.66 bits per heavy atom. The minimum absolute atomic E-state index is 0.103. The van der Waals surface area contributed by atoms with E-state index in [-0.39, 0.29) is 12.2 Å². The van der Waals surface area contributed by atoms with Crippen LogP contribution in [0.3, 0.4) is 0 Å². The van der Waals surface area contributed by atoms with Crippen molar-refractivity contribution in [1.82, 2.24) is 14.9 Å². The number of hydrogen-bond acceptors (Lipinski definition) is 5. The van der Waals surface area contributed by atoms with Crippen LogP contribution in [-0.4, -0.2) is 31.9 Å². The molecule has 1 aliphatic rings. The number of hydrogen-bond donors (Lipinski definition) is 1. The molecule has 6 heteroatoms. The quantitative estimate of drug-likeness (QED) is 0.587. The Morgan fingerprint density at radius 2 is 2.00 bits per heavy atom. The molecule has 1 aromatic carbocycles. The Hall–Kier alpha value is -2.73. The first-order chi connectivity index (χ1) is 14.0. The molecular weight excluding hydrogens is 366 g/mol. The molecule has 4 rings (SSSR count). The van der Waals surface area contributed by atoms with Crippen molar-refractivity contribution in [3.63, 3.8) is 0 Å². The molecule has 1 N–H and O–H groups in total. The van der Waals surface area contributed by atoms with E-state index in [4.69, 9.17) is 4.52 Å². The van der Waals surface area contributed by atoms with Crippen LogP contribution < -0.4 is 0 Å². The lowest BCUT2D eigenvalue weighted by Gasteiger charge is -2.13. The largest absolute Gasteiger partial charge is 0.393 e. The fourth-order valence-corrected chi connectivity index (χ4v) is 4.23. The highest BCUT2D eigenvalue weighted by atomic mass is 16.5. The van der Waals surface area contributed by atoms with Gasteiger partial charge >= 0.3 is 0 Å². The smallest absolute Gasteiger partial charge is 0.184 e. The molecule has 1 aliphatic carbocycles. The average Bonchev–Trinajstić information content (AvgIpc) is 3.42. The Labute approximate surface area is 170 Å². The van der Waals surface area contributed by atoms with E-state index in [0.717, 1.165) is 36.9 Å². The number of nitrogens with zero attached hydrogens (tertiary/aromatic N) is 3. The lowest BCUT2D eigenvalue weighted by molar-refractivity contribution is 0.0919. The van der Waals surface area contributed by atoms with Gasteiger partial charge in [-0.25, -0.2) is 0 Å². The second-order valence-corrected chi connectivity index (χ2v) is 8.11. The van der Waals surface area contributed by atoms with Crippen molar-refractivity contribution in [2.24, 2.45) is 13.0 Å². The molecule has 0 spiro atoms.